The number of nitrogens with zero attached hydrogens (tertiary/aromatic N) is 2. The van der Waals surface area contributed by atoms with Crippen LogP contribution in [-0.2, 0) is 4.79 Å². The molecule has 0 unspecified atom stereocenters. The van der Waals surface area contributed by atoms with Crippen molar-refractivity contribution in [2.75, 3.05) is 11.4 Å². The van der Waals surface area contributed by atoms with Gasteiger partial charge in [0.25, 0.3) is 0 Å². The van der Waals surface area contributed by atoms with Crippen molar-refractivity contribution in [3.8, 4) is 0 Å². The second-order valence-electron chi connectivity index (χ2n) is 4.17. The lowest BCUT2D eigenvalue weighted by molar-refractivity contribution is -0.107. The first-order valence-electron chi connectivity index (χ1n) is 5.81. The fourth-order valence-corrected chi connectivity index (χ4v) is 1.99. The van der Waals surface area contributed by atoms with Crippen LogP contribution in [-0.4, -0.2) is 17.9 Å². The van der Waals surface area contributed by atoms with Crippen LogP contribution >= 0.6 is 0 Å². The maximum Gasteiger partial charge on any atom is 0.215 e. The van der Waals surface area contributed by atoms with Crippen molar-refractivity contribution in [2.45, 2.75) is 25.7 Å². The summed E-state index contributed by atoms with van der Waals surface area (Å²) in [5.74, 6) is -0.00838. The van der Waals surface area contributed by atoms with Crippen molar-refractivity contribution in [3.63, 3.8) is 0 Å². The zero-order valence-corrected chi connectivity index (χ0v) is 9.60. The van der Waals surface area contributed by atoms with Crippen LogP contribution in [0.15, 0.2) is 30.0 Å². The lowest BCUT2D eigenvalue weighted by Gasteiger charge is -2.20. The van der Waals surface area contributed by atoms with Gasteiger partial charge in [-0.1, -0.05) is 11.6 Å². The summed E-state index contributed by atoms with van der Waals surface area (Å²) in [5, 5.41) is 0. The molecule has 1 amide bonds. The molecule has 0 saturated carbocycles. The van der Waals surface area contributed by atoms with E-state index >= 15 is 0 Å². The van der Waals surface area contributed by atoms with Crippen LogP contribution in [0.2, 0.25) is 0 Å². The summed E-state index contributed by atoms with van der Waals surface area (Å²) in [5.41, 5.74) is 1.23. The van der Waals surface area contributed by atoms with E-state index < -0.39 is 0 Å². The Balaban J connectivity index is 2.11. The van der Waals surface area contributed by atoms with Crippen LogP contribution < -0.4 is 4.90 Å². The van der Waals surface area contributed by atoms with E-state index in [1.54, 1.807) is 0 Å². The summed E-state index contributed by atoms with van der Waals surface area (Å²) in [6.45, 7) is 0.514. The number of carbonyl (C=O) groups excluding carboxylic acids is 1. The Labute approximate surface area is 100.0 Å². The van der Waals surface area contributed by atoms with Gasteiger partial charge in [0.2, 0.25) is 6.41 Å². The minimum Gasteiger partial charge on any atom is -0.295 e. The summed E-state index contributed by atoms with van der Waals surface area (Å²) in [4.78, 5) is 16.5. The van der Waals surface area contributed by atoms with Gasteiger partial charge in [0.1, 0.15) is 11.6 Å². The average Bonchev–Trinajstić information content (AvgIpc) is 2.37. The Morgan fingerprint density at radius 3 is 3.00 bits per heavy atom. The van der Waals surface area contributed by atoms with Gasteiger partial charge in [0.15, 0.2) is 0 Å². The maximum absolute atomic E-state index is 13.0. The highest BCUT2D eigenvalue weighted by molar-refractivity contribution is 5.73. The third-order valence-electron chi connectivity index (χ3n) is 2.89. The number of halogens is 1. The van der Waals surface area contributed by atoms with Gasteiger partial charge in [0, 0.05) is 18.8 Å². The molecule has 0 bridgehead atoms. The van der Waals surface area contributed by atoms with Crippen LogP contribution in [0.1, 0.15) is 25.7 Å². The third-order valence-corrected chi connectivity index (χ3v) is 2.89. The Morgan fingerprint density at radius 2 is 2.35 bits per heavy atom. The topological polar surface area (TPSA) is 33.2 Å². The molecule has 1 aliphatic carbocycles. The number of pyridine rings is 1. The molecule has 90 valence electrons. The summed E-state index contributed by atoms with van der Waals surface area (Å²) >= 11 is 0. The minimum atomic E-state index is -0.375. The van der Waals surface area contributed by atoms with Crippen LogP contribution in [0.25, 0.3) is 0 Å². The number of hydrogen-bond acceptors (Lipinski definition) is 2. The summed E-state index contributed by atoms with van der Waals surface area (Å²) in [7, 11) is 0. The smallest absolute Gasteiger partial charge is 0.215 e. The molecule has 0 spiro atoms. The first kappa shape index (κ1) is 11.8. The van der Waals surface area contributed by atoms with E-state index in [2.05, 4.69) is 11.1 Å². The first-order chi connectivity index (χ1) is 8.29. The quantitative estimate of drug-likeness (QED) is 0.592. The van der Waals surface area contributed by atoms with E-state index in [1.807, 2.05) is 0 Å². The molecule has 0 atom stereocenters. The fraction of sp³-hybridized carbons (Fsp3) is 0.385. The van der Waals surface area contributed by atoms with Gasteiger partial charge in [0.05, 0.1) is 0 Å². The van der Waals surface area contributed by atoms with E-state index in [0.29, 0.717) is 18.8 Å². The second kappa shape index (κ2) is 5.57. The van der Waals surface area contributed by atoms with Crippen LogP contribution in [0.4, 0.5) is 10.2 Å². The highest BCUT2D eigenvalue weighted by atomic mass is 19.1. The highest BCUT2D eigenvalue weighted by Crippen LogP contribution is 2.20. The molecule has 0 aromatic carbocycles. The molecule has 1 aliphatic rings. The number of aromatic nitrogens is 1. The molecule has 0 radical (unpaired) electrons. The van der Waals surface area contributed by atoms with Crippen molar-refractivity contribution >= 4 is 12.2 Å². The van der Waals surface area contributed by atoms with Gasteiger partial charge in [-0.05, 0) is 31.7 Å². The molecular formula is C13H15FN2O. The van der Waals surface area contributed by atoms with Crippen molar-refractivity contribution in [2.24, 2.45) is 0 Å². The number of carbonyl (C=O) groups is 1. The highest BCUT2D eigenvalue weighted by Gasteiger charge is 2.11. The molecule has 0 fully saturated rings. The van der Waals surface area contributed by atoms with Gasteiger partial charge in [-0.15, -0.1) is 0 Å². The molecule has 1 aromatic rings. The van der Waals surface area contributed by atoms with Crippen LogP contribution in [0.5, 0.6) is 0 Å². The Hall–Kier alpha value is -1.71. The molecule has 2 rings (SSSR count). The number of rotatable bonds is 4. The molecule has 4 heteroatoms. The molecule has 17 heavy (non-hydrogen) atoms. The standard InChI is InChI=1S/C13H15FN2O/c14-12-6-7-15-13(8-12)16(10-17)9-11-4-2-1-3-5-11/h4,6-8,10H,1-3,5,9H2. The number of allylic oxidation sites excluding steroid dienone is 1. The predicted octanol–water partition coefficient (Wildman–Crippen LogP) is 2.68. The molecule has 0 saturated heterocycles. The maximum atomic E-state index is 13.0. The van der Waals surface area contributed by atoms with E-state index in [0.717, 1.165) is 19.3 Å². The van der Waals surface area contributed by atoms with E-state index in [-0.39, 0.29) is 5.82 Å². The summed E-state index contributed by atoms with van der Waals surface area (Å²) in [6, 6.07) is 2.55. The monoisotopic (exact) mass is 234 g/mol. The van der Waals surface area contributed by atoms with E-state index in [9.17, 15) is 9.18 Å². The van der Waals surface area contributed by atoms with Gasteiger partial charge in [-0.25, -0.2) is 9.37 Å². The lowest BCUT2D eigenvalue weighted by Crippen LogP contribution is -2.25. The number of hydrogen-bond donors (Lipinski definition) is 0. The molecular weight excluding hydrogens is 219 g/mol. The second-order valence-corrected chi connectivity index (χ2v) is 4.17. The molecule has 1 heterocycles. The van der Waals surface area contributed by atoms with E-state index in [1.165, 1.54) is 35.2 Å². The van der Waals surface area contributed by atoms with Crippen LogP contribution in [0.3, 0.4) is 0 Å². The zero-order valence-electron chi connectivity index (χ0n) is 9.60. The fourth-order valence-electron chi connectivity index (χ4n) is 1.99. The lowest BCUT2D eigenvalue weighted by atomic mass is 9.99. The van der Waals surface area contributed by atoms with Crippen molar-refractivity contribution in [1.82, 2.24) is 4.98 Å². The van der Waals surface area contributed by atoms with Gasteiger partial charge >= 0.3 is 0 Å². The average molecular weight is 234 g/mol. The van der Waals surface area contributed by atoms with E-state index in [4.69, 9.17) is 0 Å². The SMILES string of the molecule is O=CN(CC1=CCCCC1)c1cc(F)ccn1. The van der Waals surface area contributed by atoms with Crippen molar-refractivity contribution in [1.29, 1.82) is 0 Å². The van der Waals surface area contributed by atoms with Crippen molar-refractivity contribution < 1.29 is 9.18 Å². The normalized spacial score (nSPS) is 15.2. The van der Waals surface area contributed by atoms with Gasteiger partial charge in [-0.2, -0.15) is 0 Å². The minimum absolute atomic E-state index is 0.367. The van der Waals surface area contributed by atoms with Crippen molar-refractivity contribution in [3.05, 3.63) is 35.8 Å². The molecule has 0 aliphatic heterocycles. The number of anilines is 1. The summed E-state index contributed by atoms with van der Waals surface area (Å²) < 4.78 is 13.0. The summed E-state index contributed by atoms with van der Waals surface area (Å²) in [6.07, 6.45) is 8.70. The molecule has 1 aromatic heterocycles. The largest absolute Gasteiger partial charge is 0.295 e. The number of amides is 1. The molecule has 0 N–H and O–H groups in total. The Bertz CT molecular complexity index is 431. The first-order valence-corrected chi connectivity index (χ1v) is 5.81. The van der Waals surface area contributed by atoms with Gasteiger partial charge < -0.3 is 0 Å². The van der Waals surface area contributed by atoms with Crippen LogP contribution in [0, 0.1) is 5.82 Å². The Kier molecular flexibility index (Phi) is 3.85. The van der Waals surface area contributed by atoms with Gasteiger partial charge in [-0.3, -0.25) is 9.69 Å². The Morgan fingerprint density at radius 1 is 1.47 bits per heavy atom. The zero-order chi connectivity index (χ0) is 12.1. The molecule has 3 nitrogen and oxygen atoms in total. The third kappa shape index (κ3) is 3.12. The predicted molar refractivity (Wildman–Crippen MR) is 64.2 cm³/mol.